The lowest BCUT2D eigenvalue weighted by atomic mass is 10.1. The Hall–Kier alpha value is -1.71. The number of carboxylic acid groups (broad SMARTS) is 1. The van der Waals surface area contributed by atoms with Crippen LogP contribution < -0.4 is 9.80 Å². The van der Waals surface area contributed by atoms with Crippen molar-refractivity contribution in [2.75, 3.05) is 29.9 Å². The molecule has 1 unspecified atom stereocenters. The van der Waals surface area contributed by atoms with Gasteiger partial charge in [-0.1, -0.05) is 19.1 Å². The molecule has 4 nitrogen and oxygen atoms in total. The number of aliphatic carboxylic acids is 1. The molecular weight excluding hydrogens is 228 g/mol. The highest BCUT2D eigenvalue weighted by Gasteiger charge is 2.26. The van der Waals surface area contributed by atoms with E-state index in [9.17, 15) is 4.79 Å². The molecule has 1 aliphatic rings. The average Bonchev–Trinajstić information content (AvgIpc) is 2.37. The molecular formula is C14H20N2O2. The highest BCUT2D eigenvalue weighted by molar-refractivity contribution is 5.75. The Morgan fingerprint density at radius 3 is 2.61 bits per heavy atom. The summed E-state index contributed by atoms with van der Waals surface area (Å²) in [5.41, 5.74) is 2.34. The zero-order valence-electron chi connectivity index (χ0n) is 11.0. The number of anilines is 2. The van der Waals surface area contributed by atoms with E-state index in [0.717, 1.165) is 25.2 Å². The minimum Gasteiger partial charge on any atom is -0.481 e. The molecule has 0 aliphatic carbocycles. The zero-order chi connectivity index (χ0) is 13.1. The number of hydrogen-bond donors (Lipinski definition) is 1. The maximum absolute atomic E-state index is 11.0. The van der Waals surface area contributed by atoms with Crippen molar-refractivity contribution in [2.24, 2.45) is 0 Å². The van der Waals surface area contributed by atoms with E-state index in [2.05, 4.69) is 35.9 Å². The van der Waals surface area contributed by atoms with E-state index in [-0.39, 0.29) is 12.5 Å². The van der Waals surface area contributed by atoms with Crippen molar-refractivity contribution in [1.82, 2.24) is 0 Å². The molecule has 1 aromatic carbocycles. The van der Waals surface area contributed by atoms with Crippen molar-refractivity contribution in [3.63, 3.8) is 0 Å². The van der Waals surface area contributed by atoms with Crippen LogP contribution in [0.2, 0.25) is 0 Å². The van der Waals surface area contributed by atoms with Gasteiger partial charge in [0.2, 0.25) is 0 Å². The van der Waals surface area contributed by atoms with Crippen molar-refractivity contribution in [1.29, 1.82) is 0 Å². The molecule has 0 amide bonds. The second-order valence-corrected chi connectivity index (χ2v) is 4.76. The van der Waals surface area contributed by atoms with Crippen molar-refractivity contribution in [3.8, 4) is 0 Å². The van der Waals surface area contributed by atoms with E-state index in [1.807, 2.05) is 12.1 Å². The molecule has 1 atom stereocenters. The first-order valence-corrected chi connectivity index (χ1v) is 6.42. The van der Waals surface area contributed by atoms with Crippen LogP contribution in [0.3, 0.4) is 0 Å². The minimum atomic E-state index is -0.724. The number of rotatable bonds is 4. The molecule has 4 heteroatoms. The van der Waals surface area contributed by atoms with Crippen molar-refractivity contribution >= 4 is 17.3 Å². The highest BCUT2D eigenvalue weighted by atomic mass is 16.4. The zero-order valence-corrected chi connectivity index (χ0v) is 11.0. The van der Waals surface area contributed by atoms with Gasteiger partial charge in [0.1, 0.15) is 0 Å². The van der Waals surface area contributed by atoms with Crippen LogP contribution in [-0.4, -0.2) is 37.3 Å². The molecule has 0 saturated heterocycles. The number of carboxylic acids is 1. The number of fused-ring (bicyclic) bond motifs is 1. The van der Waals surface area contributed by atoms with E-state index in [1.165, 1.54) is 5.69 Å². The lowest BCUT2D eigenvalue weighted by Crippen LogP contribution is -2.45. The number of benzene rings is 1. The number of nitrogens with zero attached hydrogens (tertiary/aromatic N) is 2. The fourth-order valence-corrected chi connectivity index (χ4v) is 2.58. The standard InChI is InChI=1S/C14H20N2O2/c1-3-11(10-14(17)18)16-9-8-15(2)12-6-4-5-7-13(12)16/h4-7,11H,3,8-10H2,1-2H3,(H,17,18). The Morgan fingerprint density at radius 2 is 2.00 bits per heavy atom. The summed E-state index contributed by atoms with van der Waals surface area (Å²) in [6.07, 6.45) is 1.05. The number of likely N-dealkylation sites (N-methyl/N-ethyl adjacent to an activating group) is 1. The Morgan fingerprint density at radius 1 is 1.33 bits per heavy atom. The molecule has 98 valence electrons. The Labute approximate surface area is 108 Å². The van der Waals surface area contributed by atoms with Gasteiger partial charge in [0, 0.05) is 26.2 Å². The van der Waals surface area contributed by atoms with Crippen molar-refractivity contribution in [2.45, 2.75) is 25.8 Å². The fourth-order valence-electron chi connectivity index (χ4n) is 2.58. The van der Waals surface area contributed by atoms with Gasteiger partial charge >= 0.3 is 5.97 Å². The molecule has 18 heavy (non-hydrogen) atoms. The molecule has 0 spiro atoms. The maximum Gasteiger partial charge on any atom is 0.305 e. The maximum atomic E-state index is 11.0. The topological polar surface area (TPSA) is 43.8 Å². The summed E-state index contributed by atoms with van der Waals surface area (Å²) in [6, 6.07) is 8.29. The van der Waals surface area contributed by atoms with Crippen LogP contribution in [0.25, 0.3) is 0 Å². The minimum absolute atomic E-state index is 0.0809. The second-order valence-electron chi connectivity index (χ2n) is 4.76. The molecule has 0 aromatic heterocycles. The molecule has 1 heterocycles. The molecule has 1 N–H and O–H groups in total. The SMILES string of the molecule is CCC(CC(=O)O)N1CCN(C)c2ccccc21. The van der Waals surface area contributed by atoms with Crippen LogP contribution >= 0.6 is 0 Å². The van der Waals surface area contributed by atoms with Gasteiger partial charge in [-0.05, 0) is 18.6 Å². The van der Waals surface area contributed by atoms with E-state index in [4.69, 9.17) is 5.11 Å². The largest absolute Gasteiger partial charge is 0.481 e. The van der Waals surface area contributed by atoms with Crippen molar-refractivity contribution < 1.29 is 9.90 Å². The van der Waals surface area contributed by atoms with Gasteiger partial charge in [0.15, 0.2) is 0 Å². The van der Waals surface area contributed by atoms with Gasteiger partial charge in [0.25, 0.3) is 0 Å². The molecule has 1 aromatic rings. The van der Waals surface area contributed by atoms with Crippen LogP contribution in [0.4, 0.5) is 11.4 Å². The van der Waals surface area contributed by atoms with Gasteiger partial charge in [0.05, 0.1) is 17.8 Å². The summed E-state index contributed by atoms with van der Waals surface area (Å²) in [7, 11) is 2.08. The second kappa shape index (κ2) is 5.29. The van der Waals surface area contributed by atoms with Gasteiger partial charge < -0.3 is 14.9 Å². The lowest BCUT2D eigenvalue weighted by Gasteiger charge is -2.41. The molecule has 0 radical (unpaired) electrons. The fraction of sp³-hybridized carbons (Fsp3) is 0.500. The van der Waals surface area contributed by atoms with Crippen LogP contribution in [0.15, 0.2) is 24.3 Å². The number of hydrogen-bond acceptors (Lipinski definition) is 3. The van der Waals surface area contributed by atoms with Gasteiger partial charge in [-0.25, -0.2) is 0 Å². The summed E-state index contributed by atoms with van der Waals surface area (Å²) in [4.78, 5) is 15.4. The summed E-state index contributed by atoms with van der Waals surface area (Å²) in [5, 5.41) is 9.01. The predicted molar refractivity (Wildman–Crippen MR) is 73.4 cm³/mol. The monoisotopic (exact) mass is 248 g/mol. The van der Waals surface area contributed by atoms with E-state index < -0.39 is 5.97 Å². The molecule has 2 rings (SSSR count). The quantitative estimate of drug-likeness (QED) is 0.887. The summed E-state index contributed by atoms with van der Waals surface area (Å²) in [6.45, 7) is 3.88. The summed E-state index contributed by atoms with van der Waals surface area (Å²) >= 11 is 0. The van der Waals surface area contributed by atoms with Gasteiger partial charge in [-0.2, -0.15) is 0 Å². The Bertz CT molecular complexity index is 434. The normalized spacial score (nSPS) is 16.3. The predicted octanol–water partition coefficient (Wildman–Crippen LogP) is 2.20. The molecule has 0 fully saturated rings. The molecule has 0 saturated carbocycles. The van der Waals surface area contributed by atoms with E-state index >= 15 is 0 Å². The number of carbonyl (C=O) groups is 1. The van der Waals surface area contributed by atoms with Crippen molar-refractivity contribution in [3.05, 3.63) is 24.3 Å². The van der Waals surface area contributed by atoms with Crippen LogP contribution in [0.5, 0.6) is 0 Å². The average molecular weight is 248 g/mol. The van der Waals surface area contributed by atoms with Crippen LogP contribution in [0, 0.1) is 0 Å². The first-order chi connectivity index (χ1) is 8.63. The first-order valence-electron chi connectivity index (χ1n) is 6.42. The third-order valence-electron chi connectivity index (χ3n) is 3.60. The van der Waals surface area contributed by atoms with Crippen LogP contribution in [-0.2, 0) is 4.79 Å². The smallest absolute Gasteiger partial charge is 0.305 e. The highest BCUT2D eigenvalue weighted by Crippen LogP contribution is 2.34. The van der Waals surface area contributed by atoms with E-state index in [1.54, 1.807) is 0 Å². The van der Waals surface area contributed by atoms with Gasteiger partial charge in [-0.3, -0.25) is 4.79 Å². The van der Waals surface area contributed by atoms with Gasteiger partial charge in [-0.15, -0.1) is 0 Å². The molecule has 0 bridgehead atoms. The lowest BCUT2D eigenvalue weighted by molar-refractivity contribution is -0.137. The van der Waals surface area contributed by atoms with E-state index in [0.29, 0.717) is 0 Å². The third kappa shape index (κ3) is 2.42. The van der Waals surface area contributed by atoms with Crippen LogP contribution in [0.1, 0.15) is 19.8 Å². The Balaban J connectivity index is 2.29. The summed E-state index contributed by atoms with van der Waals surface area (Å²) in [5.74, 6) is -0.724. The molecule has 1 aliphatic heterocycles. The summed E-state index contributed by atoms with van der Waals surface area (Å²) < 4.78 is 0. The third-order valence-corrected chi connectivity index (χ3v) is 3.60. The Kier molecular flexibility index (Phi) is 3.75. The first kappa shape index (κ1) is 12.7. The number of para-hydroxylation sites is 2.